The van der Waals surface area contributed by atoms with Gasteiger partial charge in [0, 0.05) is 41.6 Å². The molecule has 1 aromatic heterocycles. The van der Waals surface area contributed by atoms with Crippen LogP contribution in [0.2, 0.25) is 10.0 Å². The largest absolute Gasteiger partial charge is 0.506 e. The van der Waals surface area contributed by atoms with Crippen molar-refractivity contribution in [3.63, 3.8) is 0 Å². The van der Waals surface area contributed by atoms with Gasteiger partial charge in [-0.15, -0.1) is 11.3 Å². The Morgan fingerprint density at radius 2 is 2.00 bits per heavy atom. The molecule has 0 amide bonds. The smallest absolute Gasteiger partial charge is 0.139 e. The van der Waals surface area contributed by atoms with Crippen molar-refractivity contribution < 1.29 is 5.11 Å². The van der Waals surface area contributed by atoms with Crippen molar-refractivity contribution in [1.82, 2.24) is 10.2 Å². The van der Waals surface area contributed by atoms with Crippen LogP contribution < -0.4 is 5.32 Å². The van der Waals surface area contributed by atoms with Crippen LogP contribution in [0.25, 0.3) is 0 Å². The second-order valence-corrected chi connectivity index (χ2v) is 6.85. The Morgan fingerprint density at radius 1 is 1.24 bits per heavy atom. The maximum Gasteiger partial charge on any atom is 0.139 e. The molecule has 0 unspecified atom stereocenters. The molecular weight excluding hydrogens is 327 g/mol. The van der Waals surface area contributed by atoms with Gasteiger partial charge in [0.2, 0.25) is 0 Å². The Balaban J connectivity index is 2.07. The molecule has 1 aliphatic rings. The van der Waals surface area contributed by atoms with E-state index in [0.717, 1.165) is 31.7 Å². The molecule has 6 heteroatoms. The van der Waals surface area contributed by atoms with Gasteiger partial charge in [-0.25, -0.2) is 0 Å². The third-order valence-corrected chi connectivity index (χ3v) is 5.11. The lowest BCUT2D eigenvalue weighted by Gasteiger charge is -2.35. The van der Waals surface area contributed by atoms with E-state index in [9.17, 15) is 5.11 Å². The van der Waals surface area contributed by atoms with Gasteiger partial charge in [0.1, 0.15) is 5.75 Å². The second kappa shape index (κ2) is 6.55. The van der Waals surface area contributed by atoms with Gasteiger partial charge in [0.25, 0.3) is 0 Å². The van der Waals surface area contributed by atoms with E-state index in [0.29, 0.717) is 10.0 Å². The van der Waals surface area contributed by atoms with Crippen molar-refractivity contribution in [3.05, 3.63) is 50.1 Å². The predicted octanol–water partition coefficient (Wildman–Crippen LogP) is 3.76. The highest BCUT2D eigenvalue weighted by Crippen LogP contribution is 2.41. The summed E-state index contributed by atoms with van der Waals surface area (Å²) in [5.74, 6) is 0.123. The van der Waals surface area contributed by atoms with Crippen LogP contribution in [0.4, 0.5) is 0 Å². The molecule has 2 aromatic rings. The molecule has 112 valence electrons. The molecule has 3 rings (SSSR count). The SMILES string of the molecule is Oc1c(Cl)cc(Cl)cc1[C@@H](c1cccs1)N1CCNCC1. The number of hydrogen-bond acceptors (Lipinski definition) is 4. The summed E-state index contributed by atoms with van der Waals surface area (Å²) in [6, 6.07) is 7.49. The molecular formula is C15H16Cl2N2OS. The van der Waals surface area contributed by atoms with E-state index in [-0.39, 0.29) is 11.8 Å². The highest BCUT2D eigenvalue weighted by molar-refractivity contribution is 7.10. The van der Waals surface area contributed by atoms with Crippen molar-refractivity contribution in [3.8, 4) is 5.75 Å². The normalized spacial score (nSPS) is 17.8. The van der Waals surface area contributed by atoms with E-state index in [1.54, 1.807) is 17.4 Å². The summed E-state index contributed by atoms with van der Waals surface area (Å²) in [7, 11) is 0. The Kier molecular flexibility index (Phi) is 4.72. The van der Waals surface area contributed by atoms with Crippen LogP contribution in [0.5, 0.6) is 5.75 Å². The van der Waals surface area contributed by atoms with Gasteiger partial charge < -0.3 is 10.4 Å². The summed E-state index contributed by atoms with van der Waals surface area (Å²) < 4.78 is 0. The highest BCUT2D eigenvalue weighted by Gasteiger charge is 2.28. The Hall–Kier alpha value is -0.780. The number of piperazine rings is 1. The predicted molar refractivity (Wildman–Crippen MR) is 88.7 cm³/mol. The Morgan fingerprint density at radius 3 is 2.67 bits per heavy atom. The lowest BCUT2D eigenvalue weighted by molar-refractivity contribution is 0.198. The van der Waals surface area contributed by atoms with Crippen LogP contribution in [-0.4, -0.2) is 36.2 Å². The zero-order chi connectivity index (χ0) is 14.8. The van der Waals surface area contributed by atoms with Gasteiger partial charge in [-0.3, -0.25) is 4.90 Å². The first-order chi connectivity index (χ1) is 10.2. The average molecular weight is 343 g/mol. The van der Waals surface area contributed by atoms with Gasteiger partial charge in [0.15, 0.2) is 0 Å². The molecule has 1 aromatic carbocycles. The molecule has 0 spiro atoms. The first kappa shape index (κ1) is 15.1. The van der Waals surface area contributed by atoms with Gasteiger partial charge in [-0.05, 0) is 23.6 Å². The highest BCUT2D eigenvalue weighted by atomic mass is 35.5. The number of phenols is 1. The molecule has 0 bridgehead atoms. The molecule has 1 saturated heterocycles. The van der Waals surface area contributed by atoms with Crippen molar-refractivity contribution in [2.75, 3.05) is 26.2 Å². The fourth-order valence-electron chi connectivity index (χ4n) is 2.71. The molecule has 0 saturated carbocycles. The third kappa shape index (κ3) is 3.20. The average Bonchev–Trinajstić information content (AvgIpc) is 2.99. The molecule has 0 radical (unpaired) electrons. The molecule has 0 aliphatic carbocycles. The molecule has 1 fully saturated rings. The lowest BCUT2D eigenvalue weighted by atomic mass is 10.0. The van der Waals surface area contributed by atoms with E-state index in [4.69, 9.17) is 23.2 Å². The number of rotatable bonds is 3. The second-order valence-electron chi connectivity index (χ2n) is 5.03. The van der Waals surface area contributed by atoms with E-state index < -0.39 is 0 Å². The number of nitrogens with one attached hydrogen (secondary N) is 1. The Bertz CT molecular complexity index is 612. The zero-order valence-electron chi connectivity index (χ0n) is 11.4. The summed E-state index contributed by atoms with van der Waals surface area (Å²) >= 11 is 13.9. The number of phenolic OH excluding ortho intramolecular Hbond substituents is 1. The number of halogens is 2. The minimum atomic E-state index is -0.0108. The summed E-state index contributed by atoms with van der Waals surface area (Å²) in [5, 5.41) is 16.6. The quantitative estimate of drug-likeness (QED) is 0.891. The van der Waals surface area contributed by atoms with Crippen LogP contribution in [0.3, 0.4) is 0 Å². The van der Waals surface area contributed by atoms with Crippen molar-refractivity contribution >= 4 is 34.5 Å². The monoisotopic (exact) mass is 342 g/mol. The minimum Gasteiger partial charge on any atom is -0.506 e. The number of hydrogen-bond donors (Lipinski definition) is 2. The third-order valence-electron chi connectivity index (χ3n) is 3.68. The summed E-state index contributed by atoms with van der Waals surface area (Å²) in [6.07, 6.45) is 0. The van der Waals surface area contributed by atoms with Gasteiger partial charge in [-0.1, -0.05) is 29.3 Å². The van der Waals surface area contributed by atoms with Crippen LogP contribution in [0, 0.1) is 0 Å². The van der Waals surface area contributed by atoms with Gasteiger partial charge in [0.05, 0.1) is 11.1 Å². The number of thiophene rings is 1. The molecule has 1 atom stereocenters. The standard InChI is InChI=1S/C15H16Cl2N2OS/c16-10-8-11(15(20)12(17)9-10)14(13-2-1-7-21-13)19-5-3-18-4-6-19/h1-2,7-9,14,18,20H,3-6H2/t14-/m0/s1. The fourth-order valence-corrected chi connectivity index (χ4v) is 4.10. The van der Waals surface area contributed by atoms with Crippen LogP contribution in [0.1, 0.15) is 16.5 Å². The zero-order valence-corrected chi connectivity index (χ0v) is 13.7. The van der Waals surface area contributed by atoms with Gasteiger partial charge >= 0.3 is 0 Å². The molecule has 2 N–H and O–H groups in total. The van der Waals surface area contributed by atoms with Crippen LogP contribution in [-0.2, 0) is 0 Å². The van der Waals surface area contributed by atoms with Crippen LogP contribution in [0.15, 0.2) is 29.6 Å². The minimum absolute atomic E-state index is 0.0108. The van der Waals surface area contributed by atoms with Crippen LogP contribution >= 0.6 is 34.5 Å². The van der Waals surface area contributed by atoms with E-state index >= 15 is 0 Å². The maximum absolute atomic E-state index is 10.4. The fraction of sp³-hybridized carbons (Fsp3) is 0.333. The summed E-state index contributed by atoms with van der Waals surface area (Å²) in [4.78, 5) is 3.54. The van der Waals surface area contributed by atoms with Gasteiger partial charge in [-0.2, -0.15) is 0 Å². The summed E-state index contributed by atoms with van der Waals surface area (Å²) in [6.45, 7) is 3.73. The first-order valence-corrected chi connectivity index (χ1v) is 8.46. The van der Waals surface area contributed by atoms with E-state index in [1.165, 1.54) is 4.88 Å². The molecule has 2 heterocycles. The lowest BCUT2D eigenvalue weighted by Crippen LogP contribution is -2.45. The van der Waals surface area contributed by atoms with Crippen molar-refractivity contribution in [2.24, 2.45) is 0 Å². The first-order valence-electron chi connectivity index (χ1n) is 6.83. The molecule has 3 nitrogen and oxygen atoms in total. The summed E-state index contributed by atoms with van der Waals surface area (Å²) in [5.41, 5.74) is 0.775. The Labute approximate surface area is 138 Å². The van der Waals surface area contributed by atoms with E-state index in [1.807, 2.05) is 17.5 Å². The number of benzene rings is 1. The van der Waals surface area contributed by atoms with Crippen molar-refractivity contribution in [1.29, 1.82) is 0 Å². The number of nitrogens with zero attached hydrogens (tertiary/aromatic N) is 1. The molecule has 1 aliphatic heterocycles. The molecule has 21 heavy (non-hydrogen) atoms. The number of aromatic hydroxyl groups is 1. The van der Waals surface area contributed by atoms with E-state index in [2.05, 4.69) is 16.3 Å². The topological polar surface area (TPSA) is 35.5 Å². The van der Waals surface area contributed by atoms with Crippen molar-refractivity contribution in [2.45, 2.75) is 6.04 Å². The maximum atomic E-state index is 10.4.